The van der Waals surface area contributed by atoms with E-state index >= 15 is 0 Å². The van der Waals surface area contributed by atoms with E-state index in [1.54, 1.807) is 22.2 Å². The molecule has 1 aliphatic heterocycles. The first-order valence-corrected chi connectivity index (χ1v) is 12.9. The van der Waals surface area contributed by atoms with E-state index in [0.717, 1.165) is 37.5 Å². The number of carbonyl (C=O) groups is 1. The molecule has 31 heavy (non-hydrogen) atoms. The molecule has 12 heteroatoms. The molecule has 0 unspecified atom stereocenters. The van der Waals surface area contributed by atoms with Gasteiger partial charge < -0.3 is 10.4 Å². The molecule has 164 valence electrons. The normalized spacial score (nSPS) is 19.5. The number of amides is 1. The van der Waals surface area contributed by atoms with Gasteiger partial charge in [0, 0.05) is 24.9 Å². The number of aliphatic hydroxyl groups is 1. The molecule has 3 aromatic rings. The van der Waals surface area contributed by atoms with Gasteiger partial charge in [-0.2, -0.15) is 4.31 Å². The van der Waals surface area contributed by atoms with E-state index in [4.69, 9.17) is 0 Å². The molecule has 0 bridgehead atoms. The molecule has 2 aromatic heterocycles. The molecule has 0 spiro atoms. The highest BCUT2D eigenvalue weighted by Gasteiger charge is 2.42. The second kappa shape index (κ2) is 9.09. The molecule has 2 N–H and O–H groups in total. The number of carbonyl (C=O) groups excluding carboxylic acids is 1. The largest absolute Gasteiger partial charge is 0.392 e. The summed E-state index contributed by atoms with van der Waals surface area (Å²) in [6, 6.07) is 6.83. The number of rotatable bonds is 7. The van der Waals surface area contributed by atoms with Crippen molar-refractivity contribution in [1.82, 2.24) is 24.2 Å². The van der Waals surface area contributed by atoms with E-state index in [0.29, 0.717) is 5.69 Å². The van der Waals surface area contributed by atoms with Gasteiger partial charge in [0.05, 0.1) is 27.9 Å². The minimum Gasteiger partial charge on any atom is -0.392 e. The number of nitrogens with one attached hydrogen (secondary N) is 1. The first-order valence-electron chi connectivity index (χ1n) is 9.54. The molecular formula is C19H21N5O4S3. The van der Waals surface area contributed by atoms with Crippen molar-refractivity contribution in [2.75, 3.05) is 6.54 Å². The third-order valence-corrected chi connectivity index (χ3v) is 8.37. The number of aryl methyl sites for hydroxylation is 1. The van der Waals surface area contributed by atoms with Gasteiger partial charge in [-0.25, -0.2) is 13.4 Å². The van der Waals surface area contributed by atoms with Crippen LogP contribution in [0.1, 0.15) is 23.4 Å². The van der Waals surface area contributed by atoms with Gasteiger partial charge in [-0.1, -0.05) is 28.8 Å². The number of nitrogens with zero attached hydrogens (tertiary/aromatic N) is 4. The van der Waals surface area contributed by atoms with Gasteiger partial charge in [0.2, 0.25) is 15.9 Å². The van der Waals surface area contributed by atoms with Crippen LogP contribution in [0.25, 0.3) is 10.4 Å². The summed E-state index contributed by atoms with van der Waals surface area (Å²) in [4.78, 5) is 18.1. The smallest absolute Gasteiger partial charge is 0.238 e. The molecule has 1 aromatic carbocycles. The number of aromatic nitrogens is 3. The summed E-state index contributed by atoms with van der Waals surface area (Å²) in [5, 5.41) is 18.1. The number of hydrogen-bond donors (Lipinski definition) is 2. The van der Waals surface area contributed by atoms with Crippen LogP contribution in [0.3, 0.4) is 0 Å². The molecule has 4 rings (SSSR count). The van der Waals surface area contributed by atoms with Gasteiger partial charge in [0.15, 0.2) is 0 Å². The van der Waals surface area contributed by atoms with Crippen LogP contribution in [-0.2, 0) is 27.1 Å². The van der Waals surface area contributed by atoms with E-state index < -0.39 is 28.1 Å². The maximum absolute atomic E-state index is 12.8. The van der Waals surface area contributed by atoms with Crippen molar-refractivity contribution in [3.8, 4) is 10.4 Å². The Bertz CT molecular complexity index is 1150. The average Bonchev–Trinajstić information content (AvgIpc) is 3.48. The van der Waals surface area contributed by atoms with Crippen LogP contribution >= 0.6 is 22.9 Å². The average molecular weight is 480 g/mol. The summed E-state index contributed by atoms with van der Waals surface area (Å²) in [7, 11) is -3.82. The lowest BCUT2D eigenvalue weighted by Gasteiger charge is -2.22. The monoisotopic (exact) mass is 479 g/mol. The van der Waals surface area contributed by atoms with Crippen LogP contribution in [0.4, 0.5) is 0 Å². The van der Waals surface area contributed by atoms with Crippen molar-refractivity contribution in [2.45, 2.75) is 37.8 Å². The van der Waals surface area contributed by atoms with Gasteiger partial charge in [-0.05, 0) is 29.6 Å². The quantitative estimate of drug-likeness (QED) is 0.527. The molecular weight excluding hydrogens is 458 g/mol. The SMILES string of the molecule is Cc1ncsc1-c1ccc(CNC(=O)[C@@H]2C[C@@H](O)CN2S(=O)(=O)Cc2csnn2)cc1. The zero-order chi connectivity index (χ0) is 22.0. The maximum atomic E-state index is 12.8. The predicted octanol–water partition coefficient (Wildman–Crippen LogP) is 1.55. The second-order valence-corrected chi connectivity index (χ2v) is 10.7. The minimum absolute atomic E-state index is 0.0595. The van der Waals surface area contributed by atoms with Gasteiger partial charge in [0.1, 0.15) is 11.8 Å². The fourth-order valence-electron chi connectivity index (χ4n) is 3.51. The summed E-state index contributed by atoms with van der Waals surface area (Å²) < 4.78 is 30.3. The number of sulfonamides is 1. The third-order valence-electron chi connectivity index (χ3n) is 5.06. The fourth-order valence-corrected chi connectivity index (χ4v) is 6.52. The van der Waals surface area contributed by atoms with Crippen molar-refractivity contribution >= 4 is 38.8 Å². The Labute approximate surface area is 188 Å². The molecule has 0 aliphatic carbocycles. The number of aliphatic hydroxyl groups excluding tert-OH is 1. The minimum atomic E-state index is -3.82. The second-order valence-electron chi connectivity index (χ2n) is 7.31. The first-order chi connectivity index (χ1) is 14.8. The van der Waals surface area contributed by atoms with E-state index in [-0.39, 0.29) is 25.3 Å². The van der Waals surface area contributed by atoms with E-state index in [1.165, 1.54) is 0 Å². The Hall–Kier alpha value is -2.25. The van der Waals surface area contributed by atoms with Crippen LogP contribution in [0.2, 0.25) is 0 Å². The Kier molecular flexibility index (Phi) is 6.44. The highest BCUT2D eigenvalue weighted by atomic mass is 32.2. The lowest BCUT2D eigenvalue weighted by molar-refractivity contribution is -0.124. The van der Waals surface area contributed by atoms with Crippen molar-refractivity contribution in [3.05, 3.63) is 52.1 Å². The van der Waals surface area contributed by atoms with Crippen molar-refractivity contribution in [2.24, 2.45) is 0 Å². The zero-order valence-corrected chi connectivity index (χ0v) is 19.1. The number of thiazole rings is 1. The Morgan fingerprint density at radius 3 is 2.74 bits per heavy atom. The highest BCUT2D eigenvalue weighted by molar-refractivity contribution is 7.88. The lowest BCUT2D eigenvalue weighted by atomic mass is 10.1. The van der Waals surface area contributed by atoms with Crippen LogP contribution in [0.15, 0.2) is 35.2 Å². The van der Waals surface area contributed by atoms with Crippen molar-refractivity contribution in [3.63, 3.8) is 0 Å². The third kappa shape index (κ3) is 4.99. The molecule has 1 saturated heterocycles. The van der Waals surface area contributed by atoms with E-state index in [9.17, 15) is 18.3 Å². The molecule has 1 aliphatic rings. The number of β-amino-alcohol motifs (C(OH)–C–C–N with tert-alkyl or cyclic N) is 1. The Balaban J connectivity index is 1.40. The van der Waals surface area contributed by atoms with Gasteiger partial charge >= 0.3 is 0 Å². The van der Waals surface area contributed by atoms with E-state index in [1.807, 2.05) is 31.2 Å². The Morgan fingerprint density at radius 2 is 2.10 bits per heavy atom. The lowest BCUT2D eigenvalue weighted by Crippen LogP contribution is -2.46. The van der Waals surface area contributed by atoms with Crippen molar-refractivity contribution in [1.29, 1.82) is 0 Å². The summed E-state index contributed by atoms with van der Waals surface area (Å²) in [6.07, 6.45) is -0.828. The summed E-state index contributed by atoms with van der Waals surface area (Å²) in [5.41, 5.74) is 5.05. The first kappa shape index (κ1) is 22.0. The summed E-state index contributed by atoms with van der Waals surface area (Å²) in [6.45, 7) is 2.11. The molecule has 0 radical (unpaired) electrons. The zero-order valence-electron chi connectivity index (χ0n) is 16.6. The molecule has 0 saturated carbocycles. The van der Waals surface area contributed by atoms with Gasteiger partial charge in [-0.3, -0.25) is 4.79 Å². The summed E-state index contributed by atoms with van der Waals surface area (Å²) >= 11 is 2.63. The molecule has 9 nitrogen and oxygen atoms in total. The highest BCUT2D eigenvalue weighted by Crippen LogP contribution is 2.27. The Morgan fingerprint density at radius 1 is 1.32 bits per heavy atom. The van der Waals surface area contributed by atoms with Crippen LogP contribution in [0.5, 0.6) is 0 Å². The topological polar surface area (TPSA) is 125 Å². The molecule has 1 fully saturated rings. The summed E-state index contributed by atoms with van der Waals surface area (Å²) in [5.74, 6) is -0.780. The number of benzene rings is 1. The molecule has 3 heterocycles. The fraction of sp³-hybridized carbons (Fsp3) is 0.368. The van der Waals surface area contributed by atoms with Crippen LogP contribution in [0, 0.1) is 6.92 Å². The van der Waals surface area contributed by atoms with Crippen LogP contribution < -0.4 is 5.32 Å². The van der Waals surface area contributed by atoms with E-state index in [2.05, 4.69) is 19.9 Å². The van der Waals surface area contributed by atoms with Crippen molar-refractivity contribution < 1.29 is 18.3 Å². The van der Waals surface area contributed by atoms with Crippen LogP contribution in [-0.4, -0.2) is 57.0 Å². The van der Waals surface area contributed by atoms with Gasteiger partial charge in [-0.15, -0.1) is 16.4 Å². The van der Waals surface area contributed by atoms with Gasteiger partial charge in [0.25, 0.3) is 0 Å². The standard InChI is InChI=1S/C19H21N5O4S3/c1-12-18(29-11-21-12)14-4-2-13(3-5-14)7-20-19(26)17-6-16(25)8-24(17)31(27,28)10-15-9-30-23-22-15/h2-5,9,11,16-17,25H,6-8,10H2,1H3,(H,20,26)/t16-,17+/m1/s1. The molecule has 1 amide bonds. The molecule has 2 atom stereocenters. The number of hydrogen-bond acceptors (Lipinski definition) is 9. The maximum Gasteiger partial charge on any atom is 0.238 e. The predicted molar refractivity (Wildman–Crippen MR) is 118 cm³/mol.